The third kappa shape index (κ3) is 2.69. The van der Waals surface area contributed by atoms with E-state index >= 15 is 0 Å². The largest absolute Gasteiger partial charge is 0.480 e. The van der Waals surface area contributed by atoms with Gasteiger partial charge in [-0.3, -0.25) is 4.79 Å². The fourth-order valence-electron chi connectivity index (χ4n) is 1.06. The van der Waals surface area contributed by atoms with Crippen molar-refractivity contribution < 1.29 is 24.2 Å². The Kier molecular flexibility index (Phi) is 3.44. The van der Waals surface area contributed by atoms with Crippen LogP contribution in [0.5, 0.6) is 0 Å². The van der Waals surface area contributed by atoms with Gasteiger partial charge in [0.2, 0.25) is 0 Å². The average molecular weight is 227 g/mol. The summed E-state index contributed by atoms with van der Waals surface area (Å²) in [5, 5.41) is 19.7. The van der Waals surface area contributed by atoms with Crippen molar-refractivity contribution in [3.63, 3.8) is 0 Å². The minimum Gasteiger partial charge on any atom is -0.480 e. The van der Waals surface area contributed by atoms with E-state index < -0.39 is 23.8 Å². The van der Waals surface area contributed by atoms with Crippen molar-refractivity contribution in [2.24, 2.45) is 0 Å². The Morgan fingerprint density at radius 1 is 1.38 bits per heavy atom. The lowest BCUT2D eigenvalue weighted by molar-refractivity contribution is -0.137. The number of hydrogen-bond acceptors (Lipinski definition) is 3. The molecule has 0 saturated carbocycles. The van der Waals surface area contributed by atoms with Crippen molar-refractivity contribution in [1.82, 2.24) is 0 Å². The summed E-state index contributed by atoms with van der Waals surface area (Å²) in [7, 11) is 0. The molecule has 1 rings (SSSR count). The van der Waals surface area contributed by atoms with Gasteiger partial charge in [-0.15, -0.1) is 0 Å². The molecular weight excluding hydrogens is 217 g/mol. The van der Waals surface area contributed by atoms with Crippen molar-refractivity contribution in [3.8, 4) is 0 Å². The van der Waals surface area contributed by atoms with Crippen LogP contribution in [-0.2, 0) is 4.79 Å². The Morgan fingerprint density at radius 2 is 2.00 bits per heavy atom. The molecule has 1 aromatic rings. The smallest absolute Gasteiger partial charge is 0.335 e. The molecule has 6 heteroatoms. The molecule has 1 aromatic carbocycles. The molecule has 0 aliphatic carbocycles. The second kappa shape index (κ2) is 4.61. The molecule has 0 amide bonds. The third-order valence-electron chi connectivity index (χ3n) is 1.96. The zero-order valence-corrected chi connectivity index (χ0v) is 8.40. The van der Waals surface area contributed by atoms with Crippen LogP contribution in [0.25, 0.3) is 0 Å². The van der Waals surface area contributed by atoms with Gasteiger partial charge in [-0.1, -0.05) is 0 Å². The highest BCUT2D eigenvalue weighted by Crippen LogP contribution is 2.17. The van der Waals surface area contributed by atoms with Crippen molar-refractivity contribution in [2.45, 2.75) is 13.0 Å². The van der Waals surface area contributed by atoms with Crippen molar-refractivity contribution in [2.75, 3.05) is 5.32 Å². The number of halogens is 1. The SMILES string of the molecule is CC(Nc1cc(C(=O)O)ccc1F)C(=O)O. The van der Waals surface area contributed by atoms with E-state index in [1.807, 2.05) is 0 Å². The number of carbonyl (C=O) groups is 2. The normalized spacial score (nSPS) is 11.9. The summed E-state index contributed by atoms with van der Waals surface area (Å²) in [6.07, 6.45) is 0. The highest BCUT2D eigenvalue weighted by atomic mass is 19.1. The molecule has 0 heterocycles. The topological polar surface area (TPSA) is 86.6 Å². The van der Waals surface area contributed by atoms with Gasteiger partial charge in [0.05, 0.1) is 11.3 Å². The standard InChI is InChI=1S/C10H10FNO4/c1-5(9(13)14)12-8-4-6(10(15)16)2-3-7(8)11/h2-5,12H,1H3,(H,13,14)(H,15,16). The lowest BCUT2D eigenvalue weighted by Gasteiger charge is -2.11. The maximum atomic E-state index is 13.2. The molecule has 0 aromatic heterocycles. The number of nitrogens with one attached hydrogen (secondary N) is 1. The molecule has 0 spiro atoms. The summed E-state index contributed by atoms with van der Waals surface area (Å²) in [4.78, 5) is 21.2. The van der Waals surface area contributed by atoms with E-state index in [-0.39, 0.29) is 11.3 Å². The quantitative estimate of drug-likeness (QED) is 0.723. The molecule has 16 heavy (non-hydrogen) atoms. The second-order valence-electron chi connectivity index (χ2n) is 3.20. The Bertz CT molecular complexity index is 433. The molecule has 86 valence electrons. The summed E-state index contributed by atoms with van der Waals surface area (Å²) >= 11 is 0. The molecule has 0 aliphatic heterocycles. The van der Waals surface area contributed by atoms with Crippen LogP contribution in [0.4, 0.5) is 10.1 Å². The van der Waals surface area contributed by atoms with E-state index in [0.717, 1.165) is 18.2 Å². The highest BCUT2D eigenvalue weighted by Gasteiger charge is 2.14. The van der Waals surface area contributed by atoms with Gasteiger partial charge in [-0.05, 0) is 25.1 Å². The number of hydrogen-bond donors (Lipinski definition) is 3. The Hall–Kier alpha value is -2.11. The summed E-state index contributed by atoms with van der Waals surface area (Å²) in [5.74, 6) is -3.05. The van der Waals surface area contributed by atoms with E-state index in [4.69, 9.17) is 10.2 Å². The van der Waals surface area contributed by atoms with Crippen molar-refractivity contribution in [3.05, 3.63) is 29.6 Å². The number of anilines is 1. The zero-order chi connectivity index (χ0) is 12.3. The van der Waals surface area contributed by atoms with Crippen molar-refractivity contribution >= 4 is 17.6 Å². The monoisotopic (exact) mass is 227 g/mol. The molecule has 3 N–H and O–H groups in total. The Labute approximate surface area is 90.5 Å². The van der Waals surface area contributed by atoms with Gasteiger partial charge in [-0.25, -0.2) is 9.18 Å². The number of benzene rings is 1. The predicted octanol–water partition coefficient (Wildman–Crippen LogP) is 1.41. The minimum atomic E-state index is -1.20. The lowest BCUT2D eigenvalue weighted by Crippen LogP contribution is -2.26. The van der Waals surface area contributed by atoms with Crippen LogP contribution in [0.1, 0.15) is 17.3 Å². The summed E-state index contributed by atoms with van der Waals surface area (Å²) in [6.45, 7) is 1.33. The predicted molar refractivity (Wildman–Crippen MR) is 54.1 cm³/mol. The third-order valence-corrected chi connectivity index (χ3v) is 1.96. The molecule has 1 atom stereocenters. The Balaban J connectivity index is 2.98. The number of carboxylic acid groups (broad SMARTS) is 2. The fraction of sp³-hybridized carbons (Fsp3) is 0.200. The number of carboxylic acids is 2. The van der Waals surface area contributed by atoms with Gasteiger partial charge in [0.25, 0.3) is 0 Å². The van der Waals surface area contributed by atoms with E-state index in [0.29, 0.717) is 0 Å². The number of aromatic carboxylic acids is 1. The molecule has 0 bridgehead atoms. The number of rotatable bonds is 4. The maximum absolute atomic E-state index is 13.2. The van der Waals surface area contributed by atoms with Gasteiger partial charge in [-0.2, -0.15) is 0 Å². The molecular formula is C10H10FNO4. The Morgan fingerprint density at radius 3 is 2.50 bits per heavy atom. The van der Waals surface area contributed by atoms with Gasteiger partial charge < -0.3 is 15.5 Å². The molecule has 1 unspecified atom stereocenters. The maximum Gasteiger partial charge on any atom is 0.335 e. The van der Waals surface area contributed by atoms with Crippen LogP contribution in [0.3, 0.4) is 0 Å². The van der Waals surface area contributed by atoms with Crippen LogP contribution in [-0.4, -0.2) is 28.2 Å². The summed E-state index contributed by atoms with van der Waals surface area (Å²) in [5.41, 5.74) is -0.253. The minimum absolute atomic E-state index is 0.110. The van der Waals surface area contributed by atoms with Crippen LogP contribution in [0.15, 0.2) is 18.2 Å². The molecule has 0 fully saturated rings. The molecule has 0 aliphatic rings. The van der Waals surface area contributed by atoms with E-state index in [2.05, 4.69) is 5.32 Å². The first-order valence-electron chi connectivity index (χ1n) is 4.44. The summed E-state index contributed by atoms with van der Waals surface area (Å²) in [6, 6.07) is 2.13. The molecule has 0 radical (unpaired) electrons. The average Bonchev–Trinajstić information content (AvgIpc) is 2.20. The van der Waals surface area contributed by atoms with Crippen LogP contribution >= 0.6 is 0 Å². The first-order valence-corrected chi connectivity index (χ1v) is 4.44. The summed E-state index contributed by atoms with van der Waals surface area (Å²) < 4.78 is 13.2. The van der Waals surface area contributed by atoms with Gasteiger partial charge in [0, 0.05) is 0 Å². The highest BCUT2D eigenvalue weighted by molar-refractivity contribution is 5.89. The van der Waals surface area contributed by atoms with Crippen LogP contribution in [0.2, 0.25) is 0 Å². The first-order chi connectivity index (χ1) is 7.41. The van der Waals surface area contributed by atoms with Gasteiger partial charge in [0.15, 0.2) is 0 Å². The van der Waals surface area contributed by atoms with Crippen molar-refractivity contribution in [1.29, 1.82) is 0 Å². The lowest BCUT2D eigenvalue weighted by atomic mass is 10.2. The fourth-order valence-corrected chi connectivity index (χ4v) is 1.06. The van der Waals surface area contributed by atoms with Gasteiger partial charge >= 0.3 is 11.9 Å². The first kappa shape index (κ1) is 12.0. The molecule has 0 saturated heterocycles. The van der Waals surface area contributed by atoms with E-state index in [1.165, 1.54) is 6.92 Å². The van der Waals surface area contributed by atoms with E-state index in [1.54, 1.807) is 0 Å². The second-order valence-corrected chi connectivity index (χ2v) is 3.20. The molecule has 5 nitrogen and oxygen atoms in total. The van der Waals surface area contributed by atoms with Crippen LogP contribution in [0, 0.1) is 5.82 Å². The number of aliphatic carboxylic acids is 1. The van der Waals surface area contributed by atoms with Gasteiger partial charge in [0.1, 0.15) is 11.9 Å². The zero-order valence-electron chi connectivity index (χ0n) is 8.40. The van der Waals surface area contributed by atoms with Crippen LogP contribution < -0.4 is 5.32 Å². The van der Waals surface area contributed by atoms with E-state index in [9.17, 15) is 14.0 Å².